The van der Waals surface area contributed by atoms with Crippen molar-refractivity contribution in [1.29, 1.82) is 0 Å². The summed E-state index contributed by atoms with van der Waals surface area (Å²) in [7, 11) is 0. The number of benzene rings is 1. The maximum Gasteiger partial charge on any atom is 0.277 e. The average molecular weight is 385 g/mol. The second-order valence-electron chi connectivity index (χ2n) is 7.38. The average Bonchev–Trinajstić information content (AvgIpc) is 3.25. The number of aromatic nitrogens is 3. The van der Waals surface area contributed by atoms with E-state index in [0.29, 0.717) is 22.8 Å². The van der Waals surface area contributed by atoms with Crippen LogP contribution in [0.1, 0.15) is 31.0 Å². The van der Waals surface area contributed by atoms with Gasteiger partial charge in [-0.15, -0.1) is 10.2 Å². The number of amides is 1. The number of carbonyl (C=O) groups is 1. The maximum absolute atomic E-state index is 12.4. The van der Waals surface area contributed by atoms with E-state index in [-0.39, 0.29) is 5.91 Å². The van der Waals surface area contributed by atoms with E-state index in [2.05, 4.69) is 42.0 Å². The maximum atomic E-state index is 12.4. The minimum atomic E-state index is 0.145. The summed E-state index contributed by atoms with van der Waals surface area (Å²) in [6.45, 7) is 8.07. The third-order valence-corrected chi connectivity index (χ3v) is 6.09. The lowest BCUT2D eigenvalue weighted by Crippen LogP contribution is -2.40. The van der Waals surface area contributed by atoms with Gasteiger partial charge < -0.3 is 14.3 Å². The molecule has 0 spiro atoms. The lowest BCUT2D eigenvalue weighted by molar-refractivity contribution is -0.130. The van der Waals surface area contributed by atoms with Gasteiger partial charge in [0.25, 0.3) is 5.22 Å². The van der Waals surface area contributed by atoms with Crippen LogP contribution in [-0.2, 0) is 4.79 Å². The number of nitrogens with one attached hydrogen (secondary N) is 1. The first-order valence-corrected chi connectivity index (χ1v) is 10.3. The molecule has 1 saturated heterocycles. The van der Waals surface area contributed by atoms with Crippen molar-refractivity contribution in [3.8, 4) is 11.5 Å². The predicted octanol–water partition coefficient (Wildman–Crippen LogP) is 4.19. The van der Waals surface area contributed by atoms with Gasteiger partial charge in [-0.1, -0.05) is 18.7 Å². The van der Waals surface area contributed by atoms with E-state index in [4.69, 9.17) is 4.42 Å². The molecule has 1 atom stereocenters. The van der Waals surface area contributed by atoms with Crippen molar-refractivity contribution < 1.29 is 9.21 Å². The smallest absolute Gasteiger partial charge is 0.277 e. The minimum absolute atomic E-state index is 0.145. The van der Waals surface area contributed by atoms with Crippen molar-refractivity contribution in [2.45, 2.75) is 38.8 Å². The fourth-order valence-corrected chi connectivity index (χ4v) is 4.28. The number of thioether (sulfide) groups is 1. The van der Waals surface area contributed by atoms with Gasteiger partial charge in [-0.05, 0) is 56.4 Å². The number of aromatic amines is 1. The fraction of sp³-hybridized carbons (Fsp3) is 0.450. The molecule has 1 aliphatic rings. The highest BCUT2D eigenvalue weighted by Crippen LogP contribution is 2.29. The first-order chi connectivity index (χ1) is 13.0. The Bertz CT molecular complexity index is 978. The molecule has 1 aromatic carbocycles. The molecule has 0 bridgehead atoms. The van der Waals surface area contributed by atoms with Crippen LogP contribution < -0.4 is 0 Å². The van der Waals surface area contributed by atoms with E-state index in [1.807, 2.05) is 17.0 Å². The van der Waals surface area contributed by atoms with Crippen LogP contribution in [0.15, 0.2) is 27.8 Å². The highest BCUT2D eigenvalue weighted by Gasteiger charge is 2.21. The molecule has 2 aromatic heterocycles. The molecular formula is C20H24N4O2S. The topological polar surface area (TPSA) is 75.0 Å². The number of rotatable bonds is 4. The Labute approximate surface area is 162 Å². The molecule has 1 amide bonds. The van der Waals surface area contributed by atoms with Crippen LogP contribution in [0.3, 0.4) is 0 Å². The monoisotopic (exact) mass is 384 g/mol. The Kier molecular flexibility index (Phi) is 4.95. The molecule has 7 heteroatoms. The Morgan fingerprint density at radius 2 is 2.22 bits per heavy atom. The van der Waals surface area contributed by atoms with Crippen LogP contribution in [0, 0.1) is 19.8 Å². The SMILES string of the molecule is Cc1[nH]c2ccc(-c3nnc(SCC(=O)N4CCCC(C)C4)o3)cc2c1C. The first kappa shape index (κ1) is 18.1. The van der Waals surface area contributed by atoms with Gasteiger partial charge in [-0.25, -0.2) is 0 Å². The molecule has 0 radical (unpaired) electrons. The van der Waals surface area contributed by atoms with Gasteiger partial charge in [0.1, 0.15) is 0 Å². The number of H-pyrrole nitrogens is 1. The molecule has 6 nitrogen and oxygen atoms in total. The van der Waals surface area contributed by atoms with Crippen molar-refractivity contribution >= 4 is 28.6 Å². The zero-order valence-corrected chi connectivity index (χ0v) is 16.7. The molecule has 1 fully saturated rings. The number of carbonyl (C=O) groups excluding carboxylic acids is 1. The van der Waals surface area contributed by atoms with Crippen molar-refractivity contribution in [2.24, 2.45) is 5.92 Å². The Morgan fingerprint density at radius 3 is 3.04 bits per heavy atom. The number of aryl methyl sites for hydroxylation is 2. The molecule has 0 aliphatic carbocycles. The van der Waals surface area contributed by atoms with E-state index in [1.54, 1.807) is 0 Å². The van der Waals surface area contributed by atoms with Gasteiger partial charge in [-0.3, -0.25) is 4.79 Å². The summed E-state index contributed by atoms with van der Waals surface area (Å²) in [6, 6.07) is 6.07. The molecule has 3 heterocycles. The highest BCUT2D eigenvalue weighted by molar-refractivity contribution is 7.99. The van der Waals surface area contributed by atoms with Crippen molar-refractivity contribution in [2.75, 3.05) is 18.8 Å². The van der Waals surface area contributed by atoms with Crippen LogP contribution in [0.5, 0.6) is 0 Å². The zero-order chi connectivity index (χ0) is 19.0. The number of hydrogen-bond acceptors (Lipinski definition) is 5. The molecule has 142 valence electrons. The van der Waals surface area contributed by atoms with Gasteiger partial charge >= 0.3 is 0 Å². The fourth-order valence-electron chi connectivity index (χ4n) is 3.61. The largest absolute Gasteiger partial charge is 0.411 e. The van der Waals surface area contributed by atoms with Crippen LogP contribution in [0.25, 0.3) is 22.4 Å². The third-order valence-electron chi connectivity index (χ3n) is 5.29. The number of hydrogen-bond donors (Lipinski definition) is 1. The van der Waals surface area contributed by atoms with E-state index in [0.717, 1.165) is 41.7 Å². The van der Waals surface area contributed by atoms with Gasteiger partial charge in [-0.2, -0.15) is 0 Å². The molecule has 1 N–H and O–H groups in total. The lowest BCUT2D eigenvalue weighted by atomic mass is 10.0. The number of likely N-dealkylation sites (tertiary alicyclic amines) is 1. The van der Waals surface area contributed by atoms with Gasteiger partial charge in [0, 0.05) is 35.2 Å². The van der Waals surface area contributed by atoms with Crippen LogP contribution in [0.2, 0.25) is 0 Å². The molecule has 0 saturated carbocycles. The molecular weight excluding hydrogens is 360 g/mol. The van der Waals surface area contributed by atoms with Crippen molar-refractivity contribution in [3.63, 3.8) is 0 Å². The Morgan fingerprint density at radius 1 is 1.37 bits per heavy atom. The normalized spacial score (nSPS) is 17.6. The summed E-state index contributed by atoms with van der Waals surface area (Å²) in [5.74, 6) is 1.55. The summed E-state index contributed by atoms with van der Waals surface area (Å²) in [5.41, 5.74) is 4.38. The lowest BCUT2D eigenvalue weighted by Gasteiger charge is -2.30. The molecule has 4 rings (SSSR count). The van der Waals surface area contributed by atoms with E-state index in [1.165, 1.54) is 23.7 Å². The van der Waals surface area contributed by atoms with Gasteiger partial charge in [0.15, 0.2) is 0 Å². The summed E-state index contributed by atoms with van der Waals surface area (Å²) in [5, 5.41) is 9.85. The van der Waals surface area contributed by atoms with E-state index >= 15 is 0 Å². The zero-order valence-electron chi connectivity index (χ0n) is 15.9. The van der Waals surface area contributed by atoms with Crippen LogP contribution >= 0.6 is 11.8 Å². The second kappa shape index (κ2) is 7.38. The number of fused-ring (bicyclic) bond motifs is 1. The summed E-state index contributed by atoms with van der Waals surface area (Å²) >= 11 is 1.31. The number of piperidine rings is 1. The van der Waals surface area contributed by atoms with Crippen molar-refractivity contribution in [3.05, 3.63) is 29.5 Å². The summed E-state index contributed by atoms with van der Waals surface area (Å²) in [6.07, 6.45) is 2.29. The molecule has 1 aliphatic heterocycles. The first-order valence-electron chi connectivity index (χ1n) is 9.34. The van der Waals surface area contributed by atoms with Gasteiger partial charge in [0.05, 0.1) is 5.75 Å². The third kappa shape index (κ3) is 3.74. The second-order valence-corrected chi connectivity index (χ2v) is 8.31. The van der Waals surface area contributed by atoms with Crippen LogP contribution in [-0.4, -0.2) is 44.8 Å². The van der Waals surface area contributed by atoms with E-state index < -0.39 is 0 Å². The molecule has 1 unspecified atom stereocenters. The number of nitrogens with zero attached hydrogens (tertiary/aromatic N) is 3. The predicted molar refractivity (Wildman–Crippen MR) is 107 cm³/mol. The standard InChI is InChI=1S/C20H24N4O2S/c1-12-5-4-8-24(10-12)18(25)11-27-20-23-22-19(26-20)15-6-7-17-16(9-15)13(2)14(3)21-17/h6-7,9,12,21H,4-5,8,10-11H2,1-3H3. The minimum Gasteiger partial charge on any atom is -0.411 e. The van der Waals surface area contributed by atoms with E-state index in [9.17, 15) is 4.79 Å². The highest BCUT2D eigenvalue weighted by atomic mass is 32.2. The quantitative estimate of drug-likeness (QED) is 0.683. The molecule has 27 heavy (non-hydrogen) atoms. The summed E-state index contributed by atoms with van der Waals surface area (Å²) < 4.78 is 5.78. The van der Waals surface area contributed by atoms with Gasteiger partial charge in [0.2, 0.25) is 11.8 Å². The van der Waals surface area contributed by atoms with Crippen molar-refractivity contribution in [1.82, 2.24) is 20.1 Å². The molecule has 3 aromatic rings. The Hall–Kier alpha value is -2.28. The van der Waals surface area contributed by atoms with Crippen LogP contribution in [0.4, 0.5) is 0 Å². The summed E-state index contributed by atoms with van der Waals surface area (Å²) in [4.78, 5) is 17.7. The Balaban J connectivity index is 1.44.